The maximum atomic E-state index is 12.4. The topological polar surface area (TPSA) is 72.3 Å². The number of hydrogen-bond acceptors (Lipinski definition) is 5. The van der Waals surface area contributed by atoms with Gasteiger partial charge in [-0.1, -0.05) is 0 Å². The highest BCUT2D eigenvalue weighted by molar-refractivity contribution is 5.76. The molecular weight excluding hydrogens is 306 g/mol. The van der Waals surface area contributed by atoms with E-state index in [0.29, 0.717) is 13.0 Å². The van der Waals surface area contributed by atoms with Gasteiger partial charge in [-0.15, -0.1) is 0 Å². The van der Waals surface area contributed by atoms with E-state index >= 15 is 0 Å². The molecule has 3 rings (SSSR count). The van der Waals surface area contributed by atoms with Crippen molar-refractivity contribution in [2.45, 2.75) is 31.8 Å². The fraction of sp³-hybridized carbons (Fsp3) is 0.471. The van der Waals surface area contributed by atoms with Crippen LogP contribution in [-0.4, -0.2) is 51.8 Å². The highest BCUT2D eigenvalue weighted by atomic mass is 16.5. The zero-order valence-corrected chi connectivity index (χ0v) is 13.9. The molecule has 1 N–H and O–H groups in total. The van der Waals surface area contributed by atoms with Crippen LogP contribution in [0.2, 0.25) is 0 Å². The second-order valence-electron chi connectivity index (χ2n) is 5.96. The average Bonchev–Trinajstić information content (AvgIpc) is 3.14. The molecule has 1 atom stereocenters. The number of likely N-dealkylation sites (tertiary alicyclic amines) is 1. The number of carbonyl (C=O) groups excluding carboxylic acids is 1. The lowest BCUT2D eigenvalue weighted by molar-refractivity contribution is -0.132. The van der Waals surface area contributed by atoms with E-state index in [1.54, 1.807) is 18.1 Å². The zero-order chi connectivity index (χ0) is 16.8. The fourth-order valence-corrected chi connectivity index (χ4v) is 2.96. The van der Waals surface area contributed by atoms with Gasteiger partial charge in [-0.3, -0.25) is 9.48 Å². The minimum Gasteiger partial charge on any atom is -0.497 e. The number of carbonyl (C=O) groups is 1. The number of aromatic nitrogens is 3. The first-order valence-electron chi connectivity index (χ1n) is 8.25. The first-order chi connectivity index (χ1) is 11.7. The smallest absolute Gasteiger partial charge is 0.224 e. The predicted octanol–water partition coefficient (Wildman–Crippen LogP) is 1.78. The van der Waals surface area contributed by atoms with Crippen LogP contribution in [0.3, 0.4) is 0 Å². The van der Waals surface area contributed by atoms with Crippen molar-refractivity contribution < 1.29 is 9.53 Å². The number of methoxy groups -OCH3 is 1. The number of nitrogens with zero attached hydrogens (tertiary/aromatic N) is 4. The standard InChI is InChI=1S/C17H23N5O2/c1-24-16-6-4-14(5-7-16)20-15-3-2-9-21(11-15)17(23)8-10-22-13-18-12-19-22/h4-7,12-13,15,20H,2-3,8-11H2,1H3. The summed E-state index contributed by atoms with van der Waals surface area (Å²) >= 11 is 0. The van der Waals surface area contributed by atoms with Crippen LogP contribution < -0.4 is 10.1 Å². The Hall–Kier alpha value is -2.57. The molecule has 1 unspecified atom stereocenters. The van der Waals surface area contributed by atoms with Crippen LogP contribution in [0.25, 0.3) is 0 Å². The van der Waals surface area contributed by atoms with Crippen LogP contribution in [0.4, 0.5) is 5.69 Å². The van der Waals surface area contributed by atoms with Gasteiger partial charge in [0.1, 0.15) is 18.4 Å². The van der Waals surface area contributed by atoms with Crippen molar-refractivity contribution in [3.8, 4) is 5.75 Å². The molecule has 0 saturated carbocycles. The maximum Gasteiger partial charge on any atom is 0.224 e. The Morgan fingerprint density at radius 3 is 2.92 bits per heavy atom. The van der Waals surface area contributed by atoms with Gasteiger partial charge < -0.3 is 15.0 Å². The Bertz CT molecular complexity index is 642. The highest BCUT2D eigenvalue weighted by Crippen LogP contribution is 2.19. The van der Waals surface area contributed by atoms with Crippen LogP contribution in [0, 0.1) is 0 Å². The summed E-state index contributed by atoms with van der Waals surface area (Å²) in [7, 11) is 1.66. The molecule has 1 aromatic heterocycles. The average molecular weight is 329 g/mol. The molecule has 0 spiro atoms. The Labute approximate surface area is 141 Å². The molecule has 0 aliphatic carbocycles. The summed E-state index contributed by atoms with van der Waals surface area (Å²) in [5, 5.41) is 7.54. The predicted molar refractivity (Wildman–Crippen MR) is 90.9 cm³/mol. The van der Waals surface area contributed by atoms with Crippen LogP contribution in [-0.2, 0) is 11.3 Å². The van der Waals surface area contributed by atoms with Gasteiger partial charge in [-0.25, -0.2) is 4.98 Å². The minimum atomic E-state index is 0.173. The zero-order valence-electron chi connectivity index (χ0n) is 13.9. The summed E-state index contributed by atoms with van der Waals surface area (Å²) in [6.07, 6.45) is 5.66. The quantitative estimate of drug-likeness (QED) is 0.874. The Kier molecular flexibility index (Phi) is 5.30. The SMILES string of the molecule is COc1ccc(NC2CCCN(C(=O)CCn3cncn3)C2)cc1. The van der Waals surface area contributed by atoms with Gasteiger partial charge in [0.05, 0.1) is 13.7 Å². The molecule has 1 saturated heterocycles. The van der Waals surface area contributed by atoms with E-state index in [2.05, 4.69) is 15.4 Å². The molecule has 0 bridgehead atoms. The first kappa shape index (κ1) is 16.3. The van der Waals surface area contributed by atoms with Gasteiger partial charge >= 0.3 is 0 Å². The van der Waals surface area contributed by atoms with E-state index in [9.17, 15) is 4.79 Å². The fourth-order valence-electron chi connectivity index (χ4n) is 2.96. The number of piperidine rings is 1. The maximum absolute atomic E-state index is 12.4. The molecule has 2 heterocycles. The molecule has 7 heteroatoms. The van der Waals surface area contributed by atoms with Crippen molar-refractivity contribution in [1.29, 1.82) is 0 Å². The molecule has 1 aliphatic rings. The number of anilines is 1. The largest absolute Gasteiger partial charge is 0.497 e. The summed E-state index contributed by atoms with van der Waals surface area (Å²) in [4.78, 5) is 18.2. The lowest BCUT2D eigenvalue weighted by atomic mass is 10.0. The van der Waals surface area contributed by atoms with Crippen LogP contribution in [0.1, 0.15) is 19.3 Å². The van der Waals surface area contributed by atoms with Crippen molar-refractivity contribution in [3.63, 3.8) is 0 Å². The second-order valence-corrected chi connectivity index (χ2v) is 5.96. The summed E-state index contributed by atoms with van der Waals surface area (Å²) in [6.45, 7) is 2.14. The molecule has 0 radical (unpaired) electrons. The van der Waals surface area contributed by atoms with Crippen molar-refractivity contribution in [3.05, 3.63) is 36.9 Å². The van der Waals surface area contributed by atoms with Gasteiger partial charge in [0, 0.05) is 31.2 Å². The normalized spacial score (nSPS) is 17.5. The summed E-state index contributed by atoms with van der Waals surface area (Å²) in [6, 6.07) is 8.16. The number of ether oxygens (including phenoxy) is 1. The first-order valence-corrected chi connectivity index (χ1v) is 8.25. The van der Waals surface area contributed by atoms with Crippen LogP contribution in [0.5, 0.6) is 5.75 Å². The van der Waals surface area contributed by atoms with Gasteiger partial charge in [0.15, 0.2) is 0 Å². The van der Waals surface area contributed by atoms with Gasteiger partial charge in [-0.05, 0) is 37.1 Å². The van der Waals surface area contributed by atoms with Crippen molar-refractivity contribution in [2.24, 2.45) is 0 Å². The van der Waals surface area contributed by atoms with E-state index in [0.717, 1.165) is 37.4 Å². The molecule has 1 aromatic carbocycles. The highest BCUT2D eigenvalue weighted by Gasteiger charge is 2.23. The van der Waals surface area contributed by atoms with Crippen molar-refractivity contribution >= 4 is 11.6 Å². The minimum absolute atomic E-state index is 0.173. The number of hydrogen-bond donors (Lipinski definition) is 1. The molecule has 1 amide bonds. The van der Waals surface area contributed by atoms with Gasteiger partial charge in [0.2, 0.25) is 5.91 Å². The summed E-state index contributed by atoms with van der Waals surface area (Å²) in [5.41, 5.74) is 1.05. The summed E-state index contributed by atoms with van der Waals surface area (Å²) in [5.74, 6) is 1.01. The third kappa shape index (κ3) is 4.24. The Balaban J connectivity index is 1.50. The monoisotopic (exact) mass is 329 g/mol. The Morgan fingerprint density at radius 1 is 1.38 bits per heavy atom. The second kappa shape index (κ2) is 7.81. The van der Waals surface area contributed by atoms with E-state index in [1.165, 1.54) is 6.33 Å². The molecule has 128 valence electrons. The lowest BCUT2D eigenvalue weighted by Gasteiger charge is -2.33. The Morgan fingerprint density at radius 2 is 2.21 bits per heavy atom. The number of aryl methyl sites for hydroxylation is 1. The van der Waals surface area contributed by atoms with E-state index in [-0.39, 0.29) is 11.9 Å². The molecule has 1 fully saturated rings. The molecule has 7 nitrogen and oxygen atoms in total. The molecule has 1 aliphatic heterocycles. The van der Waals surface area contributed by atoms with E-state index in [4.69, 9.17) is 4.74 Å². The number of rotatable bonds is 6. The van der Waals surface area contributed by atoms with E-state index in [1.807, 2.05) is 29.2 Å². The van der Waals surface area contributed by atoms with Crippen molar-refractivity contribution in [2.75, 3.05) is 25.5 Å². The number of nitrogens with one attached hydrogen (secondary N) is 1. The van der Waals surface area contributed by atoms with Crippen LogP contribution in [0.15, 0.2) is 36.9 Å². The number of benzene rings is 1. The third-order valence-corrected chi connectivity index (χ3v) is 4.26. The summed E-state index contributed by atoms with van der Waals surface area (Å²) < 4.78 is 6.86. The molecule has 2 aromatic rings. The number of amides is 1. The van der Waals surface area contributed by atoms with Crippen LogP contribution >= 0.6 is 0 Å². The van der Waals surface area contributed by atoms with Crippen molar-refractivity contribution in [1.82, 2.24) is 19.7 Å². The molecular formula is C17H23N5O2. The lowest BCUT2D eigenvalue weighted by Crippen LogP contribution is -2.45. The third-order valence-electron chi connectivity index (χ3n) is 4.26. The van der Waals surface area contributed by atoms with Gasteiger partial charge in [-0.2, -0.15) is 5.10 Å². The van der Waals surface area contributed by atoms with E-state index < -0.39 is 0 Å². The molecule has 24 heavy (non-hydrogen) atoms. The van der Waals surface area contributed by atoms with Gasteiger partial charge in [0.25, 0.3) is 0 Å².